The number of rotatable bonds is 6. The SMILES string of the molecule is c1ccc(-c2nc(-c3ccccc3)nc(-c3cccc(-c4ccc5c(c4)n(-c4ccccc4)c4nc6c(c7ccccc7n6-c6ccccc6)n54)c3)n2)cc1. The molecule has 0 aliphatic rings. The van der Waals surface area contributed by atoms with Gasteiger partial charge >= 0.3 is 0 Å². The lowest BCUT2D eigenvalue weighted by Gasteiger charge is -2.10. The minimum absolute atomic E-state index is 0.624. The third kappa shape index (κ3) is 5.05. The van der Waals surface area contributed by atoms with Crippen molar-refractivity contribution in [1.29, 1.82) is 0 Å². The average molecular weight is 706 g/mol. The van der Waals surface area contributed by atoms with E-state index in [0.29, 0.717) is 17.5 Å². The first kappa shape index (κ1) is 30.9. The van der Waals surface area contributed by atoms with Crippen LogP contribution in [-0.2, 0) is 0 Å². The summed E-state index contributed by atoms with van der Waals surface area (Å²) in [4.78, 5) is 20.3. The lowest BCUT2D eigenvalue weighted by molar-refractivity contribution is 1.07. The van der Waals surface area contributed by atoms with Crippen LogP contribution >= 0.6 is 0 Å². The number of hydrogen-bond donors (Lipinski definition) is 0. The molecule has 258 valence electrons. The quantitative estimate of drug-likeness (QED) is 0.173. The molecule has 4 heterocycles. The van der Waals surface area contributed by atoms with Gasteiger partial charge in [0, 0.05) is 33.5 Å². The summed E-state index contributed by atoms with van der Waals surface area (Å²) in [6.45, 7) is 0. The van der Waals surface area contributed by atoms with E-state index in [9.17, 15) is 0 Å². The summed E-state index contributed by atoms with van der Waals surface area (Å²) in [6, 6.07) is 64.9. The second kappa shape index (κ2) is 12.5. The van der Waals surface area contributed by atoms with E-state index in [4.69, 9.17) is 19.9 Å². The smallest absolute Gasteiger partial charge is 0.222 e. The Balaban J connectivity index is 1.11. The first-order valence-electron chi connectivity index (χ1n) is 18.3. The van der Waals surface area contributed by atoms with Gasteiger partial charge in [-0.2, -0.15) is 4.98 Å². The lowest BCUT2D eigenvalue weighted by Crippen LogP contribution is -2.00. The molecule has 0 saturated carbocycles. The predicted octanol–water partition coefficient (Wildman–Crippen LogP) is 11.2. The fraction of sp³-hybridized carbons (Fsp3) is 0. The summed E-state index contributed by atoms with van der Waals surface area (Å²) in [7, 11) is 0. The molecule has 0 radical (unpaired) electrons. The fourth-order valence-electron chi connectivity index (χ4n) is 7.78. The summed E-state index contributed by atoms with van der Waals surface area (Å²) < 4.78 is 6.87. The van der Waals surface area contributed by atoms with Crippen LogP contribution in [0.3, 0.4) is 0 Å². The summed E-state index contributed by atoms with van der Waals surface area (Å²) in [6.07, 6.45) is 0. The second-order valence-electron chi connectivity index (χ2n) is 13.6. The van der Waals surface area contributed by atoms with Gasteiger partial charge in [0.25, 0.3) is 0 Å². The highest BCUT2D eigenvalue weighted by atomic mass is 15.2. The summed E-state index contributed by atoms with van der Waals surface area (Å²) in [5.74, 6) is 2.76. The third-order valence-electron chi connectivity index (χ3n) is 10.3. The number of hydrogen-bond acceptors (Lipinski definition) is 4. The Morgan fingerprint density at radius 2 is 0.836 bits per heavy atom. The largest absolute Gasteiger partial charge is 0.292 e. The highest BCUT2D eigenvalue weighted by Gasteiger charge is 2.24. The number of imidazole rings is 2. The van der Waals surface area contributed by atoms with Gasteiger partial charge in [-0.15, -0.1) is 0 Å². The van der Waals surface area contributed by atoms with Crippen molar-refractivity contribution < 1.29 is 0 Å². The van der Waals surface area contributed by atoms with Gasteiger partial charge in [-0.3, -0.25) is 13.5 Å². The Bertz CT molecular complexity index is 3120. The molecule has 0 bridgehead atoms. The maximum absolute atomic E-state index is 5.43. The molecule has 0 amide bonds. The molecule has 0 aliphatic carbocycles. The van der Waals surface area contributed by atoms with E-state index < -0.39 is 0 Å². The molecule has 0 N–H and O–H groups in total. The molecule has 0 spiro atoms. The predicted molar refractivity (Wildman–Crippen MR) is 221 cm³/mol. The molecule has 7 heteroatoms. The van der Waals surface area contributed by atoms with Crippen molar-refractivity contribution >= 4 is 38.9 Å². The average Bonchev–Trinajstić information content (AvgIpc) is 3.90. The van der Waals surface area contributed by atoms with E-state index in [2.05, 4.69) is 135 Å². The van der Waals surface area contributed by atoms with Gasteiger partial charge < -0.3 is 0 Å². The van der Waals surface area contributed by atoms with Crippen LogP contribution in [0, 0.1) is 0 Å². The highest BCUT2D eigenvalue weighted by molar-refractivity contribution is 6.09. The fourth-order valence-corrected chi connectivity index (χ4v) is 7.78. The van der Waals surface area contributed by atoms with Crippen molar-refractivity contribution in [2.24, 2.45) is 0 Å². The summed E-state index contributed by atoms with van der Waals surface area (Å²) in [5, 5.41) is 1.15. The third-order valence-corrected chi connectivity index (χ3v) is 10.3. The van der Waals surface area contributed by atoms with E-state index in [-0.39, 0.29) is 0 Å². The van der Waals surface area contributed by atoms with Gasteiger partial charge in [0.1, 0.15) is 5.52 Å². The van der Waals surface area contributed by atoms with Crippen LogP contribution < -0.4 is 0 Å². The standard InChI is InChI=1S/C48H31N7/c1-5-16-32(17-6-1)44-49-45(33-18-7-2-8-19-33)51-46(50-44)36-21-15-20-34(30-36)35-28-29-41-42(31-35)54(38-24-11-4-12-25-38)48-52-47-43(55(41)48)39-26-13-14-27-40(39)53(47)37-22-9-3-10-23-37/h1-31H. The topological polar surface area (TPSA) is 65.8 Å². The maximum Gasteiger partial charge on any atom is 0.222 e. The van der Waals surface area contributed by atoms with Crippen LogP contribution in [0.15, 0.2) is 188 Å². The van der Waals surface area contributed by atoms with E-state index in [1.165, 1.54) is 0 Å². The van der Waals surface area contributed by atoms with E-state index in [1.807, 2.05) is 66.7 Å². The molecule has 0 unspecified atom stereocenters. The highest BCUT2D eigenvalue weighted by Crippen LogP contribution is 2.38. The molecule has 0 saturated heterocycles. The van der Waals surface area contributed by atoms with Crippen molar-refractivity contribution in [3.63, 3.8) is 0 Å². The molecule has 0 atom stereocenters. The number of para-hydroxylation sites is 3. The van der Waals surface area contributed by atoms with Crippen LogP contribution in [0.4, 0.5) is 0 Å². The number of aromatic nitrogens is 7. The number of fused-ring (bicyclic) bond motifs is 7. The zero-order valence-electron chi connectivity index (χ0n) is 29.5. The normalized spacial score (nSPS) is 11.6. The first-order valence-corrected chi connectivity index (χ1v) is 18.3. The Hall–Kier alpha value is -7.64. The molecule has 55 heavy (non-hydrogen) atoms. The van der Waals surface area contributed by atoms with E-state index >= 15 is 0 Å². The molecule has 0 aliphatic heterocycles. The Morgan fingerprint density at radius 3 is 1.49 bits per heavy atom. The van der Waals surface area contributed by atoms with Crippen LogP contribution in [0.25, 0.3) is 95.5 Å². The molecular formula is C48H31N7. The molecule has 11 aromatic rings. The zero-order chi connectivity index (χ0) is 36.3. The van der Waals surface area contributed by atoms with E-state index in [1.54, 1.807) is 0 Å². The Morgan fingerprint density at radius 1 is 0.327 bits per heavy atom. The van der Waals surface area contributed by atoms with Crippen molar-refractivity contribution in [2.45, 2.75) is 0 Å². The van der Waals surface area contributed by atoms with Crippen molar-refractivity contribution in [1.82, 2.24) is 33.5 Å². The van der Waals surface area contributed by atoms with Crippen molar-refractivity contribution in [2.75, 3.05) is 0 Å². The number of nitrogens with zero attached hydrogens (tertiary/aromatic N) is 7. The maximum atomic E-state index is 5.43. The summed E-state index contributed by atoms with van der Waals surface area (Å²) in [5.41, 5.74) is 12.3. The van der Waals surface area contributed by atoms with Crippen molar-refractivity contribution in [3.05, 3.63) is 188 Å². The molecular weight excluding hydrogens is 675 g/mol. The molecule has 7 aromatic carbocycles. The number of benzene rings is 7. The monoisotopic (exact) mass is 705 g/mol. The van der Waals surface area contributed by atoms with Gasteiger partial charge in [0.05, 0.1) is 16.6 Å². The molecule has 7 nitrogen and oxygen atoms in total. The Labute approximate surface area is 316 Å². The second-order valence-corrected chi connectivity index (χ2v) is 13.6. The molecule has 11 rings (SSSR count). The van der Waals surface area contributed by atoms with Gasteiger partial charge in [-0.05, 0) is 59.7 Å². The minimum Gasteiger partial charge on any atom is -0.292 e. The molecule has 4 aromatic heterocycles. The van der Waals surface area contributed by atoms with Gasteiger partial charge in [-0.1, -0.05) is 140 Å². The zero-order valence-corrected chi connectivity index (χ0v) is 29.5. The van der Waals surface area contributed by atoms with Crippen LogP contribution in [-0.4, -0.2) is 33.5 Å². The van der Waals surface area contributed by atoms with Crippen LogP contribution in [0.5, 0.6) is 0 Å². The molecule has 0 fully saturated rings. The van der Waals surface area contributed by atoms with Gasteiger partial charge in [0.15, 0.2) is 23.1 Å². The minimum atomic E-state index is 0.624. The van der Waals surface area contributed by atoms with Gasteiger partial charge in [-0.25, -0.2) is 15.0 Å². The first-order chi connectivity index (χ1) is 27.3. The van der Waals surface area contributed by atoms with Crippen molar-refractivity contribution in [3.8, 4) is 56.7 Å². The van der Waals surface area contributed by atoms with Crippen LogP contribution in [0.2, 0.25) is 0 Å². The lowest BCUT2D eigenvalue weighted by atomic mass is 10.0. The summed E-state index contributed by atoms with van der Waals surface area (Å²) >= 11 is 0. The van der Waals surface area contributed by atoms with Gasteiger partial charge in [0.2, 0.25) is 5.78 Å². The van der Waals surface area contributed by atoms with Crippen LogP contribution in [0.1, 0.15) is 0 Å². The van der Waals surface area contributed by atoms with E-state index in [0.717, 1.165) is 78.1 Å². The Kier molecular flexibility index (Phi) is 7.03.